The lowest BCUT2D eigenvalue weighted by Gasteiger charge is -2.42. The summed E-state index contributed by atoms with van der Waals surface area (Å²) in [6.45, 7) is 2.74. The maximum atomic E-state index is 12.7. The normalized spacial score (nSPS) is 21.4. The van der Waals surface area contributed by atoms with Crippen molar-refractivity contribution in [1.82, 2.24) is 15.1 Å². The van der Waals surface area contributed by atoms with Crippen molar-refractivity contribution in [3.05, 3.63) is 35.9 Å². The van der Waals surface area contributed by atoms with Gasteiger partial charge >= 0.3 is 5.97 Å². The third kappa shape index (κ3) is 4.55. The molecule has 1 amide bonds. The molecule has 1 aliphatic rings. The van der Waals surface area contributed by atoms with Crippen molar-refractivity contribution >= 4 is 11.9 Å². The number of hydrogen-bond donors (Lipinski definition) is 2. The first-order valence-electron chi connectivity index (χ1n) is 8.40. The molecule has 2 N–H and O–H groups in total. The van der Waals surface area contributed by atoms with E-state index in [1.165, 1.54) is 0 Å². The van der Waals surface area contributed by atoms with E-state index in [2.05, 4.69) is 5.32 Å². The zero-order valence-electron chi connectivity index (χ0n) is 14.6. The van der Waals surface area contributed by atoms with Crippen LogP contribution in [0.1, 0.15) is 31.4 Å². The molecule has 132 valence electrons. The van der Waals surface area contributed by atoms with Gasteiger partial charge in [0, 0.05) is 12.1 Å². The minimum atomic E-state index is -0.805. The van der Waals surface area contributed by atoms with Crippen molar-refractivity contribution in [3.63, 3.8) is 0 Å². The lowest BCUT2D eigenvalue weighted by Crippen LogP contribution is -2.56. The van der Waals surface area contributed by atoms with Crippen LogP contribution in [0.2, 0.25) is 0 Å². The van der Waals surface area contributed by atoms with Gasteiger partial charge in [-0.15, -0.1) is 0 Å². The molecule has 1 aromatic rings. The molecule has 1 aliphatic carbocycles. The van der Waals surface area contributed by atoms with E-state index in [0.29, 0.717) is 6.54 Å². The molecule has 1 saturated carbocycles. The van der Waals surface area contributed by atoms with Crippen LogP contribution in [0.25, 0.3) is 0 Å². The molecule has 0 unspecified atom stereocenters. The zero-order chi connectivity index (χ0) is 17.7. The van der Waals surface area contributed by atoms with Crippen molar-refractivity contribution in [2.24, 2.45) is 0 Å². The van der Waals surface area contributed by atoms with Crippen LogP contribution in [0.5, 0.6) is 0 Å². The fourth-order valence-electron chi connectivity index (χ4n) is 3.28. The molecular formula is C18H27N3O3. The number of benzene rings is 1. The van der Waals surface area contributed by atoms with Gasteiger partial charge in [-0.2, -0.15) is 0 Å². The smallest absolute Gasteiger partial charge is 0.317 e. The average Bonchev–Trinajstić information content (AvgIpc) is 2.49. The van der Waals surface area contributed by atoms with E-state index in [0.717, 1.165) is 18.4 Å². The number of nitrogens with zero attached hydrogens (tertiary/aromatic N) is 2. The van der Waals surface area contributed by atoms with Gasteiger partial charge in [-0.25, -0.2) is 0 Å². The van der Waals surface area contributed by atoms with E-state index < -0.39 is 5.97 Å². The summed E-state index contributed by atoms with van der Waals surface area (Å²) >= 11 is 0. The summed E-state index contributed by atoms with van der Waals surface area (Å²) in [5.41, 5.74) is 0.969. The Bertz CT molecular complexity index is 556. The van der Waals surface area contributed by atoms with Gasteiger partial charge in [0.15, 0.2) is 0 Å². The first-order valence-corrected chi connectivity index (χ1v) is 8.40. The summed E-state index contributed by atoms with van der Waals surface area (Å²) in [6, 6.07) is 9.77. The van der Waals surface area contributed by atoms with Gasteiger partial charge in [-0.05, 0) is 39.0 Å². The second kappa shape index (κ2) is 8.26. The Morgan fingerprint density at radius 2 is 1.88 bits per heavy atom. The van der Waals surface area contributed by atoms with Crippen LogP contribution in [-0.4, -0.2) is 66.1 Å². The molecular weight excluding hydrogens is 306 g/mol. The monoisotopic (exact) mass is 333 g/mol. The maximum Gasteiger partial charge on any atom is 0.317 e. The highest BCUT2D eigenvalue weighted by molar-refractivity contribution is 5.83. The standard InChI is InChI=1S/C18H27N3O3/c1-4-21(12-16(22)23)15-10-14(11-15)19-18(24)17(20(2)3)13-8-6-5-7-9-13/h5-9,14-15,17H,4,10-12H2,1-3H3,(H,19,24)(H,22,23)/t14?,15?,17-/m1/s1. The van der Waals surface area contributed by atoms with E-state index in [1.807, 2.05) is 61.2 Å². The van der Waals surface area contributed by atoms with Gasteiger partial charge in [0.2, 0.25) is 5.91 Å². The second-order valence-electron chi connectivity index (χ2n) is 6.56. The Labute approximate surface area is 143 Å². The van der Waals surface area contributed by atoms with Crippen molar-refractivity contribution in [2.45, 2.75) is 37.9 Å². The zero-order valence-corrected chi connectivity index (χ0v) is 14.6. The minimum absolute atomic E-state index is 0.00377. The molecule has 0 spiro atoms. The van der Waals surface area contributed by atoms with Crippen LogP contribution >= 0.6 is 0 Å². The van der Waals surface area contributed by atoms with E-state index in [9.17, 15) is 9.59 Å². The summed E-state index contributed by atoms with van der Waals surface area (Å²) in [5.74, 6) is -0.808. The lowest BCUT2D eigenvalue weighted by atomic mass is 9.85. The number of carboxylic acids is 1. The number of amides is 1. The molecule has 1 aromatic carbocycles. The number of rotatable bonds is 8. The van der Waals surface area contributed by atoms with Gasteiger partial charge in [0.1, 0.15) is 6.04 Å². The molecule has 0 bridgehead atoms. The predicted octanol–water partition coefficient (Wildman–Crippen LogP) is 1.34. The Hall–Kier alpha value is -1.92. The molecule has 6 heteroatoms. The van der Waals surface area contributed by atoms with Gasteiger partial charge in [-0.1, -0.05) is 37.3 Å². The van der Waals surface area contributed by atoms with Gasteiger partial charge in [0.25, 0.3) is 0 Å². The number of carbonyl (C=O) groups is 2. The number of nitrogens with one attached hydrogen (secondary N) is 1. The first-order chi connectivity index (χ1) is 11.4. The highest BCUT2D eigenvalue weighted by atomic mass is 16.4. The molecule has 24 heavy (non-hydrogen) atoms. The lowest BCUT2D eigenvalue weighted by molar-refractivity contribution is -0.140. The fraction of sp³-hybridized carbons (Fsp3) is 0.556. The van der Waals surface area contributed by atoms with E-state index in [4.69, 9.17) is 5.11 Å². The fourth-order valence-corrected chi connectivity index (χ4v) is 3.28. The first kappa shape index (κ1) is 18.4. The number of likely N-dealkylation sites (N-methyl/N-ethyl adjacent to an activating group) is 2. The Balaban J connectivity index is 1.90. The van der Waals surface area contributed by atoms with Crippen molar-refractivity contribution in [3.8, 4) is 0 Å². The third-order valence-electron chi connectivity index (χ3n) is 4.60. The SMILES string of the molecule is CCN(CC(=O)O)C1CC(NC(=O)[C@@H](c2ccccc2)N(C)C)C1. The van der Waals surface area contributed by atoms with E-state index >= 15 is 0 Å². The largest absolute Gasteiger partial charge is 0.480 e. The van der Waals surface area contributed by atoms with Crippen molar-refractivity contribution in [2.75, 3.05) is 27.2 Å². The van der Waals surface area contributed by atoms with Crippen LogP contribution in [0.4, 0.5) is 0 Å². The van der Waals surface area contributed by atoms with Gasteiger partial charge in [-0.3, -0.25) is 19.4 Å². The molecule has 1 fully saturated rings. The van der Waals surface area contributed by atoms with E-state index in [1.54, 1.807) is 0 Å². The molecule has 1 atom stereocenters. The van der Waals surface area contributed by atoms with Crippen LogP contribution in [0.3, 0.4) is 0 Å². The Kier molecular flexibility index (Phi) is 6.34. The molecule has 0 aromatic heterocycles. The molecule has 0 aliphatic heterocycles. The molecule has 0 saturated heterocycles. The number of hydrogen-bond acceptors (Lipinski definition) is 4. The number of carbonyl (C=O) groups excluding carboxylic acids is 1. The van der Waals surface area contributed by atoms with Crippen LogP contribution in [-0.2, 0) is 9.59 Å². The van der Waals surface area contributed by atoms with Crippen molar-refractivity contribution in [1.29, 1.82) is 0 Å². The second-order valence-corrected chi connectivity index (χ2v) is 6.56. The highest BCUT2D eigenvalue weighted by Gasteiger charge is 2.36. The van der Waals surface area contributed by atoms with Crippen molar-refractivity contribution < 1.29 is 14.7 Å². The minimum Gasteiger partial charge on any atom is -0.480 e. The molecule has 0 radical (unpaired) electrons. The quantitative estimate of drug-likeness (QED) is 0.751. The Morgan fingerprint density at radius 3 is 2.38 bits per heavy atom. The number of carboxylic acid groups (broad SMARTS) is 1. The molecule has 0 heterocycles. The van der Waals surface area contributed by atoms with E-state index in [-0.39, 0.29) is 30.6 Å². The van der Waals surface area contributed by atoms with Gasteiger partial charge in [0.05, 0.1) is 6.54 Å². The number of aliphatic carboxylic acids is 1. The molecule has 2 rings (SSSR count). The maximum absolute atomic E-state index is 12.7. The van der Waals surface area contributed by atoms with Crippen LogP contribution in [0.15, 0.2) is 30.3 Å². The van der Waals surface area contributed by atoms with Crippen LogP contribution in [0, 0.1) is 0 Å². The summed E-state index contributed by atoms with van der Waals surface area (Å²) in [7, 11) is 3.79. The van der Waals surface area contributed by atoms with Crippen LogP contribution < -0.4 is 5.32 Å². The van der Waals surface area contributed by atoms with Gasteiger partial charge < -0.3 is 10.4 Å². The highest BCUT2D eigenvalue weighted by Crippen LogP contribution is 2.27. The molecule has 6 nitrogen and oxygen atoms in total. The third-order valence-corrected chi connectivity index (χ3v) is 4.60. The topological polar surface area (TPSA) is 72.9 Å². The summed E-state index contributed by atoms with van der Waals surface area (Å²) in [5, 5.41) is 12.0. The predicted molar refractivity (Wildman–Crippen MR) is 92.7 cm³/mol. The summed E-state index contributed by atoms with van der Waals surface area (Å²) in [6.07, 6.45) is 1.61. The summed E-state index contributed by atoms with van der Waals surface area (Å²) in [4.78, 5) is 27.4. The Morgan fingerprint density at radius 1 is 1.25 bits per heavy atom. The summed E-state index contributed by atoms with van der Waals surface area (Å²) < 4.78 is 0. The average molecular weight is 333 g/mol.